The van der Waals surface area contributed by atoms with Crippen LogP contribution in [0.1, 0.15) is 19.3 Å². The lowest BCUT2D eigenvalue weighted by Crippen LogP contribution is -2.25. The number of carboxylic acids is 1. The number of nitrogens with zero attached hydrogens (tertiary/aromatic N) is 1. The van der Waals surface area contributed by atoms with Crippen molar-refractivity contribution < 1.29 is 24.4 Å². The Bertz CT molecular complexity index is 517. The molecule has 1 rings (SSSR count). The molecule has 1 aromatic carbocycles. The Labute approximate surface area is 120 Å². The van der Waals surface area contributed by atoms with E-state index in [1.165, 1.54) is 18.2 Å². The van der Waals surface area contributed by atoms with Crippen molar-refractivity contribution in [1.29, 1.82) is 0 Å². The third-order valence-electron chi connectivity index (χ3n) is 2.51. The number of hydrogen-bond donors (Lipinski definition) is 2. The molecule has 8 nitrogen and oxygen atoms in total. The highest BCUT2D eigenvalue weighted by Crippen LogP contribution is 2.18. The Kier molecular flexibility index (Phi) is 6.66. The van der Waals surface area contributed by atoms with Gasteiger partial charge in [0.1, 0.15) is 5.75 Å². The first-order chi connectivity index (χ1) is 9.99. The van der Waals surface area contributed by atoms with Gasteiger partial charge in [0.25, 0.3) is 5.69 Å². The van der Waals surface area contributed by atoms with Crippen molar-refractivity contribution >= 4 is 17.6 Å². The van der Waals surface area contributed by atoms with Crippen molar-refractivity contribution in [3.05, 3.63) is 34.4 Å². The smallest absolute Gasteiger partial charge is 0.303 e. The first kappa shape index (κ1) is 16.4. The third-order valence-corrected chi connectivity index (χ3v) is 2.51. The quantitative estimate of drug-likeness (QED) is 0.403. The summed E-state index contributed by atoms with van der Waals surface area (Å²) in [6.45, 7) is 0.647. The Morgan fingerprint density at radius 3 is 2.76 bits per heavy atom. The summed E-state index contributed by atoms with van der Waals surface area (Å²) in [7, 11) is 0. The first-order valence-corrected chi connectivity index (χ1v) is 6.35. The number of nitro benzene ring substituents is 1. The van der Waals surface area contributed by atoms with Gasteiger partial charge >= 0.3 is 5.97 Å². The number of carbonyl (C=O) groups is 2. The molecular formula is C13H16N2O6. The van der Waals surface area contributed by atoms with Crippen LogP contribution in [-0.2, 0) is 9.59 Å². The van der Waals surface area contributed by atoms with E-state index in [-0.39, 0.29) is 24.4 Å². The number of amides is 1. The normalized spacial score (nSPS) is 9.90. The van der Waals surface area contributed by atoms with Crippen LogP contribution >= 0.6 is 0 Å². The summed E-state index contributed by atoms with van der Waals surface area (Å²) in [5, 5.41) is 21.5. The minimum Gasteiger partial charge on any atom is -0.493 e. The number of aliphatic carboxylic acids is 1. The van der Waals surface area contributed by atoms with E-state index in [2.05, 4.69) is 5.32 Å². The molecule has 1 amide bonds. The lowest BCUT2D eigenvalue weighted by atomic mass is 10.3. The van der Waals surface area contributed by atoms with Crippen LogP contribution in [0.4, 0.5) is 5.69 Å². The maximum absolute atomic E-state index is 11.2. The highest BCUT2D eigenvalue weighted by molar-refractivity contribution is 5.80. The Morgan fingerprint density at radius 2 is 2.10 bits per heavy atom. The Hall–Kier alpha value is -2.64. The monoisotopic (exact) mass is 296 g/mol. The lowest BCUT2D eigenvalue weighted by Gasteiger charge is -2.07. The number of nitro groups is 1. The number of nitrogens with one attached hydrogen (secondary N) is 1. The Balaban J connectivity index is 2.19. The molecule has 2 N–H and O–H groups in total. The van der Waals surface area contributed by atoms with Crippen LogP contribution < -0.4 is 10.1 Å². The molecule has 0 heterocycles. The number of benzene rings is 1. The number of non-ortho nitro benzene ring substituents is 1. The van der Waals surface area contributed by atoms with Gasteiger partial charge in [0.2, 0.25) is 5.91 Å². The van der Waals surface area contributed by atoms with E-state index in [4.69, 9.17) is 9.84 Å². The van der Waals surface area contributed by atoms with Crippen LogP contribution in [0.5, 0.6) is 5.75 Å². The van der Waals surface area contributed by atoms with Crippen molar-refractivity contribution in [3.8, 4) is 5.75 Å². The molecule has 21 heavy (non-hydrogen) atoms. The highest BCUT2D eigenvalue weighted by Gasteiger charge is 2.06. The van der Waals surface area contributed by atoms with Crippen molar-refractivity contribution in [2.75, 3.05) is 13.2 Å². The van der Waals surface area contributed by atoms with Gasteiger partial charge in [0, 0.05) is 19.0 Å². The summed E-state index contributed by atoms with van der Waals surface area (Å²) < 4.78 is 5.33. The fourth-order valence-corrected chi connectivity index (χ4v) is 1.49. The van der Waals surface area contributed by atoms with Crippen molar-refractivity contribution in [2.24, 2.45) is 0 Å². The number of rotatable bonds is 9. The van der Waals surface area contributed by atoms with E-state index in [1.807, 2.05) is 0 Å². The van der Waals surface area contributed by atoms with Gasteiger partial charge in [0.15, 0.2) is 0 Å². The number of ether oxygens (including phenoxy) is 1. The molecule has 0 bridgehead atoms. The van der Waals surface area contributed by atoms with Gasteiger partial charge in [-0.3, -0.25) is 19.7 Å². The van der Waals surface area contributed by atoms with Crippen LogP contribution in [0.25, 0.3) is 0 Å². The molecular weight excluding hydrogens is 280 g/mol. The second-order valence-corrected chi connectivity index (χ2v) is 4.20. The van der Waals surface area contributed by atoms with Gasteiger partial charge in [-0.05, 0) is 12.5 Å². The molecule has 0 saturated carbocycles. The molecule has 0 radical (unpaired) electrons. The summed E-state index contributed by atoms with van der Waals surface area (Å²) in [5.74, 6) is -0.951. The summed E-state index contributed by atoms with van der Waals surface area (Å²) >= 11 is 0. The van der Waals surface area contributed by atoms with Crippen LogP contribution in [0.15, 0.2) is 24.3 Å². The zero-order valence-electron chi connectivity index (χ0n) is 11.3. The molecule has 0 fully saturated rings. The Morgan fingerprint density at radius 1 is 1.33 bits per heavy atom. The number of hydrogen-bond acceptors (Lipinski definition) is 5. The molecule has 0 atom stereocenters. The molecule has 1 aromatic rings. The molecule has 0 saturated heterocycles. The topological polar surface area (TPSA) is 119 Å². The van der Waals surface area contributed by atoms with E-state index in [9.17, 15) is 19.7 Å². The molecule has 0 aliphatic rings. The number of carbonyl (C=O) groups excluding carboxylic acids is 1. The predicted molar refractivity (Wildman–Crippen MR) is 73.1 cm³/mol. The van der Waals surface area contributed by atoms with Crippen molar-refractivity contribution in [1.82, 2.24) is 5.32 Å². The third kappa shape index (κ3) is 6.90. The maximum Gasteiger partial charge on any atom is 0.303 e. The maximum atomic E-state index is 11.2. The fourth-order valence-electron chi connectivity index (χ4n) is 1.49. The second-order valence-electron chi connectivity index (χ2n) is 4.20. The average Bonchev–Trinajstić information content (AvgIpc) is 2.45. The number of carboxylic acid groups (broad SMARTS) is 1. The average molecular weight is 296 g/mol. The van der Waals surface area contributed by atoms with Crippen LogP contribution in [-0.4, -0.2) is 35.1 Å². The summed E-state index contributed by atoms with van der Waals surface area (Å²) in [5.41, 5.74) is -0.0468. The van der Waals surface area contributed by atoms with Gasteiger partial charge in [0.05, 0.1) is 24.0 Å². The molecule has 0 spiro atoms. The standard InChI is InChI=1S/C13H16N2O6/c16-12(5-6-13(17)18)14-7-2-8-21-11-4-1-3-10(9-11)15(19)20/h1,3-4,9H,2,5-8H2,(H,14,16)(H,17,18). The van der Waals surface area contributed by atoms with Gasteiger partial charge in [-0.2, -0.15) is 0 Å². The van der Waals surface area contributed by atoms with E-state index in [1.54, 1.807) is 6.07 Å². The van der Waals surface area contributed by atoms with Crippen molar-refractivity contribution in [2.45, 2.75) is 19.3 Å². The van der Waals surface area contributed by atoms with E-state index >= 15 is 0 Å². The summed E-state index contributed by atoms with van der Waals surface area (Å²) in [6.07, 6.45) is 0.262. The molecule has 0 aliphatic carbocycles. The summed E-state index contributed by atoms with van der Waals surface area (Å²) in [4.78, 5) is 31.5. The largest absolute Gasteiger partial charge is 0.493 e. The van der Waals surface area contributed by atoms with E-state index in [0.717, 1.165) is 0 Å². The van der Waals surface area contributed by atoms with E-state index in [0.29, 0.717) is 25.3 Å². The van der Waals surface area contributed by atoms with Gasteiger partial charge in [-0.15, -0.1) is 0 Å². The lowest BCUT2D eigenvalue weighted by molar-refractivity contribution is -0.384. The van der Waals surface area contributed by atoms with Crippen LogP contribution in [0.2, 0.25) is 0 Å². The van der Waals surface area contributed by atoms with Crippen molar-refractivity contribution in [3.63, 3.8) is 0 Å². The zero-order chi connectivity index (χ0) is 15.7. The molecule has 0 unspecified atom stereocenters. The first-order valence-electron chi connectivity index (χ1n) is 6.35. The van der Waals surface area contributed by atoms with Gasteiger partial charge < -0.3 is 15.2 Å². The molecule has 0 aliphatic heterocycles. The van der Waals surface area contributed by atoms with Gasteiger partial charge in [-0.1, -0.05) is 6.07 Å². The molecule has 0 aromatic heterocycles. The molecule has 114 valence electrons. The van der Waals surface area contributed by atoms with Gasteiger partial charge in [-0.25, -0.2) is 0 Å². The molecule has 8 heteroatoms. The van der Waals surface area contributed by atoms with Crippen LogP contribution in [0, 0.1) is 10.1 Å². The predicted octanol–water partition coefficient (Wildman–Crippen LogP) is 1.34. The minimum atomic E-state index is -1.01. The minimum absolute atomic E-state index is 0.0468. The SMILES string of the molecule is O=C(O)CCC(=O)NCCCOc1cccc([N+](=O)[O-])c1. The van der Waals surface area contributed by atoms with Crippen LogP contribution in [0.3, 0.4) is 0 Å². The second kappa shape index (κ2) is 8.51. The zero-order valence-corrected chi connectivity index (χ0v) is 11.3. The fraction of sp³-hybridized carbons (Fsp3) is 0.385. The highest BCUT2D eigenvalue weighted by atomic mass is 16.6. The summed E-state index contributed by atoms with van der Waals surface area (Å²) in [6, 6.07) is 5.83. The van der Waals surface area contributed by atoms with E-state index < -0.39 is 10.9 Å².